The molecule has 0 aromatic heterocycles. The van der Waals surface area contributed by atoms with E-state index in [2.05, 4.69) is 0 Å². The molecule has 1 amide bonds. The van der Waals surface area contributed by atoms with Gasteiger partial charge in [-0.1, -0.05) is 30.7 Å². The van der Waals surface area contributed by atoms with Gasteiger partial charge in [-0.3, -0.25) is 4.79 Å². The van der Waals surface area contributed by atoms with E-state index >= 15 is 0 Å². The van der Waals surface area contributed by atoms with Crippen LogP contribution in [0.15, 0.2) is 42.5 Å². The van der Waals surface area contributed by atoms with Gasteiger partial charge < -0.3 is 14.7 Å². The Hall–Kier alpha value is -2.40. The molecular formula is C21H22FNO3. The summed E-state index contributed by atoms with van der Waals surface area (Å²) in [5.41, 5.74) is 2.41. The molecule has 1 aliphatic carbocycles. The monoisotopic (exact) mass is 355 g/mol. The molecule has 1 aliphatic heterocycles. The zero-order chi connectivity index (χ0) is 18.1. The number of aliphatic hydroxyl groups excluding tert-OH is 1. The van der Waals surface area contributed by atoms with Crippen molar-refractivity contribution < 1.29 is 19.0 Å². The summed E-state index contributed by atoms with van der Waals surface area (Å²) in [6, 6.07) is 11.8. The summed E-state index contributed by atoms with van der Waals surface area (Å²) in [6.45, 7) is 0.940. The van der Waals surface area contributed by atoms with E-state index in [-0.39, 0.29) is 17.8 Å². The van der Waals surface area contributed by atoms with Crippen molar-refractivity contribution in [2.75, 3.05) is 0 Å². The second kappa shape index (κ2) is 7.08. The minimum absolute atomic E-state index is 0.0785. The predicted octanol–water partition coefficient (Wildman–Crippen LogP) is 3.66. The summed E-state index contributed by atoms with van der Waals surface area (Å²) in [5, 5.41) is 10.2. The van der Waals surface area contributed by atoms with Crippen molar-refractivity contribution in [2.24, 2.45) is 0 Å². The molecule has 4 rings (SSSR count). The molecule has 2 aliphatic rings. The maximum atomic E-state index is 13.1. The molecule has 2 aromatic carbocycles. The van der Waals surface area contributed by atoms with Crippen LogP contribution in [-0.2, 0) is 13.1 Å². The van der Waals surface area contributed by atoms with Gasteiger partial charge in [0.2, 0.25) is 0 Å². The Kier molecular flexibility index (Phi) is 4.64. The van der Waals surface area contributed by atoms with Crippen LogP contribution in [0.2, 0.25) is 0 Å². The standard InChI is InChI=1S/C21H22FNO3/c22-16-10-8-14(9-11-16)12-23-13-15-4-3-7-19(20(15)21(23)25)26-18-6-2-1-5-17(18)24/h3-4,7-11,17-18,24H,1-2,5-6,12-13H2/t17-,18-/m0/s1. The van der Waals surface area contributed by atoms with Crippen LogP contribution in [0.1, 0.15) is 47.2 Å². The number of halogens is 1. The first-order valence-electron chi connectivity index (χ1n) is 9.12. The molecule has 0 saturated heterocycles. The fourth-order valence-corrected chi connectivity index (χ4v) is 3.80. The molecule has 0 bridgehead atoms. The van der Waals surface area contributed by atoms with Crippen LogP contribution in [0.25, 0.3) is 0 Å². The number of hydrogen-bond donors (Lipinski definition) is 1. The number of benzene rings is 2. The van der Waals surface area contributed by atoms with Gasteiger partial charge in [0.15, 0.2) is 0 Å². The third-order valence-electron chi connectivity index (χ3n) is 5.21. The number of aliphatic hydroxyl groups is 1. The highest BCUT2D eigenvalue weighted by molar-refractivity contribution is 6.01. The van der Waals surface area contributed by atoms with Crippen molar-refractivity contribution in [1.82, 2.24) is 4.90 Å². The van der Waals surface area contributed by atoms with Crippen molar-refractivity contribution in [3.63, 3.8) is 0 Å². The lowest BCUT2D eigenvalue weighted by molar-refractivity contribution is 0.00636. The van der Waals surface area contributed by atoms with Crippen molar-refractivity contribution >= 4 is 5.91 Å². The van der Waals surface area contributed by atoms with Crippen molar-refractivity contribution in [1.29, 1.82) is 0 Å². The van der Waals surface area contributed by atoms with Crippen LogP contribution in [0.4, 0.5) is 4.39 Å². The second-order valence-corrected chi connectivity index (χ2v) is 7.09. The van der Waals surface area contributed by atoms with Gasteiger partial charge in [-0.05, 0) is 48.6 Å². The highest BCUT2D eigenvalue weighted by Crippen LogP contribution is 2.34. The van der Waals surface area contributed by atoms with Crippen LogP contribution in [-0.4, -0.2) is 28.1 Å². The fraction of sp³-hybridized carbons (Fsp3) is 0.381. The molecule has 2 atom stereocenters. The molecule has 2 aromatic rings. The van der Waals surface area contributed by atoms with Crippen LogP contribution >= 0.6 is 0 Å². The van der Waals surface area contributed by atoms with E-state index in [1.807, 2.05) is 12.1 Å². The Morgan fingerprint density at radius 2 is 1.88 bits per heavy atom. The molecule has 0 spiro atoms. The van der Waals surface area contributed by atoms with Gasteiger partial charge in [0, 0.05) is 13.1 Å². The summed E-state index contributed by atoms with van der Waals surface area (Å²) in [6.07, 6.45) is 2.85. The number of hydrogen-bond acceptors (Lipinski definition) is 3. The molecule has 0 unspecified atom stereocenters. The van der Waals surface area contributed by atoms with E-state index in [1.54, 1.807) is 23.1 Å². The summed E-state index contributed by atoms with van der Waals surface area (Å²) < 4.78 is 19.1. The lowest BCUT2D eigenvalue weighted by atomic mass is 9.94. The molecule has 5 heteroatoms. The molecule has 1 fully saturated rings. The zero-order valence-corrected chi connectivity index (χ0v) is 14.5. The number of carbonyl (C=O) groups excluding carboxylic acids is 1. The largest absolute Gasteiger partial charge is 0.487 e. The third-order valence-corrected chi connectivity index (χ3v) is 5.21. The molecule has 26 heavy (non-hydrogen) atoms. The minimum Gasteiger partial charge on any atom is -0.487 e. The molecule has 1 heterocycles. The number of amides is 1. The average Bonchev–Trinajstić information content (AvgIpc) is 2.96. The summed E-state index contributed by atoms with van der Waals surface area (Å²) in [4.78, 5) is 14.7. The van der Waals surface area contributed by atoms with Crippen LogP contribution in [0.3, 0.4) is 0 Å². The lowest BCUT2D eigenvalue weighted by Crippen LogP contribution is -2.35. The van der Waals surface area contributed by atoms with E-state index < -0.39 is 6.10 Å². The van der Waals surface area contributed by atoms with Crippen LogP contribution < -0.4 is 4.74 Å². The molecule has 0 radical (unpaired) electrons. The molecule has 1 N–H and O–H groups in total. The fourth-order valence-electron chi connectivity index (χ4n) is 3.80. The van der Waals surface area contributed by atoms with Crippen molar-refractivity contribution in [2.45, 2.75) is 51.0 Å². The zero-order valence-electron chi connectivity index (χ0n) is 14.5. The van der Waals surface area contributed by atoms with Crippen LogP contribution in [0, 0.1) is 5.82 Å². The predicted molar refractivity (Wildman–Crippen MR) is 95.3 cm³/mol. The van der Waals surface area contributed by atoms with E-state index in [9.17, 15) is 14.3 Å². The Labute approximate surface area is 152 Å². The SMILES string of the molecule is O=C1c2c(cccc2O[C@H]2CCCC[C@@H]2O)CN1Cc1ccc(F)cc1. The van der Waals surface area contributed by atoms with E-state index in [4.69, 9.17) is 4.74 Å². The summed E-state index contributed by atoms with van der Waals surface area (Å²) in [7, 11) is 0. The number of ether oxygens (including phenoxy) is 1. The summed E-state index contributed by atoms with van der Waals surface area (Å²) in [5.74, 6) is 0.191. The van der Waals surface area contributed by atoms with E-state index in [0.717, 1.165) is 36.8 Å². The second-order valence-electron chi connectivity index (χ2n) is 7.09. The van der Waals surface area contributed by atoms with Gasteiger partial charge in [-0.25, -0.2) is 4.39 Å². The van der Waals surface area contributed by atoms with E-state index in [0.29, 0.717) is 24.4 Å². The number of rotatable bonds is 4. The smallest absolute Gasteiger partial charge is 0.258 e. The van der Waals surface area contributed by atoms with Gasteiger partial charge in [0.05, 0.1) is 11.7 Å². The van der Waals surface area contributed by atoms with Crippen molar-refractivity contribution in [3.05, 3.63) is 65.0 Å². The highest BCUT2D eigenvalue weighted by Gasteiger charge is 2.33. The molecule has 1 saturated carbocycles. The number of nitrogens with zero attached hydrogens (tertiary/aromatic N) is 1. The average molecular weight is 355 g/mol. The van der Waals surface area contributed by atoms with Gasteiger partial charge in [0.1, 0.15) is 17.7 Å². The summed E-state index contributed by atoms with van der Waals surface area (Å²) >= 11 is 0. The van der Waals surface area contributed by atoms with Gasteiger partial charge in [-0.15, -0.1) is 0 Å². The topological polar surface area (TPSA) is 49.8 Å². The lowest BCUT2D eigenvalue weighted by Gasteiger charge is -2.28. The van der Waals surface area contributed by atoms with Gasteiger partial charge >= 0.3 is 0 Å². The minimum atomic E-state index is -0.480. The first-order valence-corrected chi connectivity index (χ1v) is 9.12. The Bertz CT molecular complexity index is 805. The normalized spacial score (nSPS) is 22.4. The van der Waals surface area contributed by atoms with Gasteiger partial charge in [-0.2, -0.15) is 0 Å². The number of fused-ring (bicyclic) bond motifs is 1. The maximum absolute atomic E-state index is 13.1. The van der Waals surface area contributed by atoms with E-state index in [1.165, 1.54) is 12.1 Å². The Balaban J connectivity index is 1.53. The molecular weight excluding hydrogens is 333 g/mol. The quantitative estimate of drug-likeness (QED) is 0.910. The highest BCUT2D eigenvalue weighted by atomic mass is 19.1. The molecule has 136 valence electrons. The Morgan fingerprint density at radius 3 is 2.65 bits per heavy atom. The van der Waals surface area contributed by atoms with Gasteiger partial charge in [0.25, 0.3) is 5.91 Å². The maximum Gasteiger partial charge on any atom is 0.258 e. The van der Waals surface area contributed by atoms with Crippen molar-refractivity contribution in [3.8, 4) is 5.75 Å². The molecule has 4 nitrogen and oxygen atoms in total. The number of carbonyl (C=O) groups is 1. The van der Waals surface area contributed by atoms with Crippen LogP contribution in [0.5, 0.6) is 5.75 Å². The third kappa shape index (κ3) is 3.31. The first-order chi connectivity index (χ1) is 12.6. The Morgan fingerprint density at radius 1 is 1.12 bits per heavy atom. The first kappa shape index (κ1) is 17.0.